The molecule has 0 unspecified atom stereocenters. The molecule has 1 N–H and O–H groups in total. The number of nitrogens with one attached hydrogen (secondary N) is 1. The van der Waals surface area contributed by atoms with E-state index >= 15 is 0 Å². The predicted octanol–water partition coefficient (Wildman–Crippen LogP) is 2.33. The van der Waals surface area contributed by atoms with Crippen LogP contribution in [0.15, 0.2) is 24.4 Å². The third kappa shape index (κ3) is 3.45. The second kappa shape index (κ2) is 6.46. The maximum Gasteiger partial charge on any atom is 0.247 e. The molecule has 0 amide bonds. The molecule has 0 aliphatic carbocycles. The molecule has 22 heavy (non-hydrogen) atoms. The van der Waals surface area contributed by atoms with E-state index in [0.717, 1.165) is 37.4 Å². The number of rotatable bonds is 3. The van der Waals surface area contributed by atoms with E-state index < -0.39 is 0 Å². The summed E-state index contributed by atoms with van der Waals surface area (Å²) >= 11 is 6.05. The average molecular weight is 319 g/mol. The van der Waals surface area contributed by atoms with Crippen LogP contribution in [0.4, 0.5) is 17.5 Å². The molecule has 1 aliphatic rings. The topological polar surface area (TPSA) is 57.2 Å². The van der Waals surface area contributed by atoms with Gasteiger partial charge in [0.05, 0.1) is 6.20 Å². The zero-order chi connectivity index (χ0) is 15.5. The summed E-state index contributed by atoms with van der Waals surface area (Å²) < 4.78 is 0. The lowest BCUT2D eigenvalue weighted by Gasteiger charge is -2.32. The Labute approximate surface area is 135 Å². The normalized spacial score (nSPS) is 15.9. The third-order valence-corrected chi connectivity index (χ3v) is 4.03. The van der Waals surface area contributed by atoms with Gasteiger partial charge in [0.1, 0.15) is 0 Å². The Morgan fingerprint density at radius 3 is 2.73 bits per heavy atom. The number of anilines is 3. The van der Waals surface area contributed by atoms with Gasteiger partial charge in [-0.15, -0.1) is 5.10 Å². The molecule has 1 aromatic heterocycles. The summed E-state index contributed by atoms with van der Waals surface area (Å²) in [5.74, 6) is 1.34. The first-order valence-electron chi connectivity index (χ1n) is 7.28. The molecule has 0 radical (unpaired) electrons. The van der Waals surface area contributed by atoms with Crippen molar-refractivity contribution in [1.29, 1.82) is 0 Å². The largest absolute Gasteiger partial charge is 0.339 e. The first kappa shape index (κ1) is 15.0. The van der Waals surface area contributed by atoms with Crippen LogP contribution in [0.2, 0.25) is 5.02 Å². The van der Waals surface area contributed by atoms with Crippen molar-refractivity contribution in [2.24, 2.45) is 0 Å². The lowest BCUT2D eigenvalue weighted by atomic mass is 10.2. The minimum Gasteiger partial charge on any atom is -0.339 e. The number of nitrogens with zero attached hydrogens (tertiary/aromatic N) is 5. The summed E-state index contributed by atoms with van der Waals surface area (Å²) in [5.41, 5.74) is 2.03. The minimum absolute atomic E-state index is 0.665. The highest BCUT2D eigenvalue weighted by Gasteiger charge is 2.17. The second-order valence-corrected chi connectivity index (χ2v) is 5.95. The summed E-state index contributed by atoms with van der Waals surface area (Å²) in [4.78, 5) is 9.02. The van der Waals surface area contributed by atoms with E-state index in [-0.39, 0.29) is 0 Å². The van der Waals surface area contributed by atoms with Gasteiger partial charge in [-0.2, -0.15) is 10.1 Å². The summed E-state index contributed by atoms with van der Waals surface area (Å²) in [5, 5.41) is 12.2. The summed E-state index contributed by atoms with van der Waals surface area (Å²) in [6.45, 7) is 5.87. The van der Waals surface area contributed by atoms with Crippen LogP contribution in [-0.2, 0) is 0 Å². The van der Waals surface area contributed by atoms with Crippen LogP contribution in [0.1, 0.15) is 5.56 Å². The number of halogens is 1. The van der Waals surface area contributed by atoms with Crippen molar-refractivity contribution in [1.82, 2.24) is 20.1 Å². The van der Waals surface area contributed by atoms with E-state index in [4.69, 9.17) is 11.6 Å². The molecule has 1 fully saturated rings. The molecule has 6 nitrogen and oxygen atoms in total. The van der Waals surface area contributed by atoms with Crippen molar-refractivity contribution < 1.29 is 0 Å². The van der Waals surface area contributed by atoms with Gasteiger partial charge in [0.2, 0.25) is 5.95 Å². The van der Waals surface area contributed by atoms with Crippen LogP contribution in [0.5, 0.6) is 0 Å². The zero-order valence-corrected chi connectivity index (χ0v) is 13.5. The van der Waals surface area contributed by atoms with Gasteiger partial charge < -0.3 is 15.1 Å². The number of aromatic nitrogens is 3. The van der Waals surface area contributed by atoms with Crippen LogP contribution in [0.25, 0.3) is 0 Å². The van der Waals surface area contributed by atoms with E-state index in [2.05, 4.69) is 37.3 Å². The third-order valence-electron chi connectivity index (χ3n) is 3.80. The van der Waals surface area contributed by atoms with E-state index in [9.17, 15) is 0 Å². The zero-order valence-electron chi connectivity index (χ0n) is 12.8. The molecule has 3 rings (SSSR count). The van der Waals surface area contributed by atoms with E-state index in [0.29, 0.717) is 16.8 Å². The lowest BCUT2D eigenvalue weighted by molar-refractivity contribution is 0.311. The second-order valence-electron chi connectivity index (χ2n) is 5.52. The first-order chi connectivity index (χ1) is 10.6. The molecule has 116 valence electrons. The van der Waals surface area contributed by atoms with Crippen molar-refractivity contribution in [2.75, 3.05) is 43.4 Å². The molecule has 0 saturated carbocycles. The number of piperazine rings is 1. The molecule has 1 aromatic carbocycles. The monoisotopic (exact) mass is 318 g/mol. The Hall–Kier alpha value is -1.92. The van der Waals surface area contributed by atoms with Crippen LogP contribution in [-0.4, -0.2) is 53.3 Å². The van der Waals surface area contributed by atoms with Crippen molar-refractivity contribution in [3.63, 3.8) is 0 Å². The summed E-state index contributed by atoms with van der Waals surface area (Å²) in [6.07, 6.45) is 1.62. The quantitative estimate of drug-likeness (QED) is 0.937. The molecule has 0 atom stereocenters. The smallest absolute Gasteiger partial charge is 0.247 e. The molecule has 0 spiro atoms. The molecule has 2 aromatic rings. The molecule has 2 heterocycles. The standard InChI is InChI=1S/C15H19ClN6/c1-11-3-4-12(16)9-13(11)18-14-10-17-20-15(19-14)22-7-5-21(2)6-8-22/h3-4,9-10H,5-8H2,1-2H3,(H,18,19,20). The number of likely N-dealkylation sites (N-methyl/N-ethyl adjacent to an activating group) is 1. The SMILES string of the molecule is Cc1ccc(Cl)cc1Nc1cnnc(N2CCN(C)CC2)n1. The molecule has 1 aliphatic heterocycles. The van der Waals surface area contributed by atoms with Crippen LogP contribution < -0.4 is 10.2 Å². The Morgan fingerprint density at radius 2 is 1.95 bits per heavy atom. The fourth-order valence-corrected chi connectivity index (χ4v) is 2.53. The molecular formula is C15H19ClN6. The summed E-state index contributed by atoms with van der Waals surface area (Å²) in [6, 6.07) is 5.73. The van der Waals surface area contributed by atoms with Gasteiger partial charge in [0.25, 0.3) is 0 Å². The van der Waals surface area contributed by atoms with Crippen molar-refractivity contribution >= 4 is 29.1 Å². The van der Waals surface area contributed by atoms with Gasteiger partial charge in [0, 0.05) is 36.9 Å². The van der Waals surface area contributed by atoms with Gasteiger partial charge >= 0.3 is 0 Å². The fourth-order valence-electron chi connectivity index (χ4n) is 2.36. The molecular weight excluding hydrogens is 300 g/mol. The van der Waals surface area contributed by atoms with E-state index in [1.54, 1.807) is 6.20 Å². The van der Waals surface area contributed by atoms with Crippen LogP contribution in [0, 0.1) is 6.92 Å². The Balaban J connectivity index is 1.78. The number of hydrogen-bond acceptors (Lipinski definition) is 6. The van der Waals surface area contributed by atoms with E-state index in [1.165, 1.54) is 0 Å². The van der Waals surface area contributed by atoms with Gasteiger partial charge in [-0.05, 0) is 31.7 Å². The molecule has 0 bridgehead atoms. The Kier molecular flexibility index (Phi) is 4.40. The van der Waals surface area contributed by atoms with E-state index in [1.807, 2.05) is 25.1 Å². The minimum atomic E-state index is 0.665. The number of hydrogen-bond donors (Lipinski definition) is 1. The molecule has 7 heteroatoms. The first-order valence-corrected chi connectivity index (χ1v) is 7.66. The van der Waals surface area contributed by atoms with Crippen molar-refractivity contribution in [2.45, 2.75) is 6.92 Å². The highest BCUT2D eigenvalue weighted by atomic mass is 35.5. The Bertz CT molecular complexity index is 654. The van der Waals surface area contributed by atoms with Gasteiger partial charge in [-0.3, -0.25) is 0 Å². The Morgan fingerprint density at radius 1 is 1.18 bits per heavy atom. The summed E-state index contributed by atoms with van der Waals surface area (Å²) in [7, 11) is 2.12. The highest BCUT2D eigenvalue weighted by molar-refractivity contribution is 6.30. The maximum atomic E-state index is 6.05. The highest BCUT2D eigenvalue weighted by Crippen LogP contribution is 2.23. The van der Waals surface area contributed by atoms with Gasteiger partial charge in [0.15, 0.2) is 5.82 Å². The average Bonchev–Trinajstić information content (AvgIpc) is 2.52. The molecule has 1 saturated heterocycles. The number of benzene rings is 1. The number of aryl methyl sites for hydroxylation is 1. The van der Waals surface area contributed by atoms with Crippen molar-refractivity contribution in [3.8, 4) is 0 Å². The predicted molar refractivity (Wildman–Crippen MR) is 89.0 cm³/mol. The van der Waals surface area contributed by atoms with Gasteiger partial charge in [-0.1, -0.05) is 17.7 Å². The maximum absolute atomic E-state index is 6.05. The van der Waals surface area contributed by atoms with Gasteiger partial charge in [-0.25, -0.2) is 0 Å². The fraction of sp³-hybridized carbons (Fsp3) is 0.400. The lowest BCUT2D eigenvalue weighted by Crippen LogP contribution is -2.45. The van der Waals surface area contributed by atoms with Crippen molar-refractivity contribution in [3.05, 3.63) is 35.0 Å². The van der Waals surface area contributed by atoms with Crippen LogP contribution >= 0.6 is 11.6 Å². The van der Waals surface area contributed by atoms with Crippen LogP contribution in [0.3, 0.4) is 0 Å².